The van der Waals surface area contributed by atoms with Crippen LogP contribution in [0.25, 0.3) is 0 Å². The highest BCUT2D eigenvalue weighted by Gasteiger charge is 2.19. The Kier molecular flexibility index (Phi) is 3.79. The highest BCUT2D eigenvalue weighted by atomic mass is 16.1. The Bertz CT molecular complexity index is 574. The SMILES string of the molecule is O=C(Nc1ccc(CNC2CC2)cc1)c1ccccc1. The van der Waals surface area contributed by atoms with Crippen LogP contribution in [0.15, 0.2) is 54.6 Å². The number of hydrogen-bond acceptors (Lipinski definition) is 2. The predicted octanol–water partition coefficient (Wildman–Crippen LogP) is 3.19. The van der Waals surface area contributed by atoms with E-state index in [4.69, 9.17) is 0 Å². The van der Waals surface area contributed by atoms with E-state index in [9.17, 15) is 4.79 Å². The number of amides is 1. The maximum Gasteiger partial charge on any atom is 0.255 e. The van der Waals surface area contributed by atoms with Crippen molar-refractivity contribution in [3.63, 3.8) is 0 Å². The summed E-state index contributed by atoms with van der Waals surface area (Å²) in [6.45, 7) is 0.900. The summed E-state index contributed by atoms with van der Waals surface area (Å²) >= 11 is 0. The van der Waals surface area contributed by atoms with Gasteiger partial charge in [-0.05, 0) is 42.7 Å². The predicted molar refractivity (Wildman–Crippen MR) is 80.7 cm³/mol. The molecule has 2 aromatic carbocycles. The van der Waals surface area contributed by atoms with Crippen LogP contribution in [-0.4, -0.2) is 11.9 Å². The molecule has 1 aliphatic rings. The van der Waals surface area contributed by atoms with Crippen molar-refractivity contribution in [2.24, 2.45) is 0 Å². The molecule has 2 N–H and O–H groups in total. The first-order valence-electron chi connectivity index (χ1n) is 7.00. The molecule has 3 heteroatoms. The van der Waals surface area contributed by atoms with E-state index in [1.165, 1.54) is 18.4 Å². The standard InChI is InChI=1S/C17H18N2O/c20-17(14-4-2-1-3-5-14)19-16-8-6-13(7-9-16)12-18-15-10-11-15/h1-9,15,18H,10-12H2,(H,19,20). The lowest BCUT2D eigenvalue weighted by atomic mass is 10.2. The summed E-state index contributed by atoms with van der Waals surface area (Å²) in [7, 11) is 0. The van der Waals surface area contributed by atoms with Crippen molar-refractivity contribution < 1.29 is 4.79 Å². The quantitative estimate of drug-likeness (QED) is 0.872. The topological polar surface area (TPSA) is 41.1 Å². The van der Waals surface area contributed by atoms with E-state index >= 15 is 0 Å². The molecule has 2 aromatic rings. The van der Waals surface area contributed by atoms with Crippen molar-refractivity contribution in [3.05, 3.63) is 65.7 Å². The second kappa shape index (κ2) is 5.88. The van der Waals surface area contributed by atoms with Gasteiger partial charge in [0.25, 0.3) is 5.91 Å². The summed E-state index contributed by atoms with van der Waals surface area (Å²) < 4.78 is 0. The third-order valence-electron chi connectivity index (χ3n) is 3.42. The van der Waals surface area contributed by atoms with Crippen molar-refractivity contribution in [2.75, 3.05) is 5.32 Å². The maximum atomic E-state index is 12.0. The number of benzene rings is 2. The molecular formula is C17H18N2O. The van der Waals surface area contributed by atoms with Gasteiger partial charge in [-0.25, -0.2) is 0 Å². The molecule has 20 heavy (non-hydrogen) atoms. The van der Waals surface area contributed by atoms with Crippen molar-refractivity contribution >= 4 is 11.6 Å². The van der Waals surface area contributed by atoms with Crippen LogP contribution in [0.3, 0.4) is 0 Å². The van der Waals surface area contributed by atoms with Gasteiger partial charge in [0.1, 0.15) is 0 Å². The monoisotopic (exact) mass is 266 g/mol. The second-order valence-electron chi connectivity index (χ2n) is 5.17. The Morgan fingerprint density at radius 3 is 2.35 bits per heavy atom. The van der Waals surface area contributed by atoms with Gasteiger partial charge in [0.2, 0.25) is 0 Å². The van der Waals surface area contributed by atoms with Crippen LogP contribution in [-0.2, 0) is 6.54 Å². The Hall–Kier alpha value is -2.13. The number of carbonyl (C=O) groups is 1. The normalized spacial score (nSPS) is 14.0. The smallest absolute Gasteiger partial charge is 0.255 e. The number of nitrogens with one attached hydrogen (secondary N) is 2. The Balaban J connectivity index is 1.58. The van der Waals surface area contributed by atoms with Gasteiger partial charge in [-0.1, -0.05) is 30.3 Å². The van der Waals surface area contributed by atoms with E-state index in [0.29, 0.717) is 11.6 Å². The van der Waals surface area contributed by atoms with E-state index in [1.807, 2.05) is 42.5 Å². The van der Waals surface area contributed by atoms with Crippen LogP contribution >= 0.6 is 0 Å². The summed E-state index contributed by atoms with van der Waals surface area (Å²) in [5.74, 6) is -0.0746. The van der Waals surface area contributed by atoms with Gasteiger partial charge in [0.15, 0.2) is 0 Å². The molecule has 102 valence electrons. The molecule has 1 fully saturated rings. The van der Waals surface area contributed by atoms with Crippen LogP contribution in [0.4, 0.5) is 5.69 Å². The first-order chi connectivity index (χ1) is 9.81. The van der Waals surface area contributed by atoms with E-state index in [2.05, 4.69) is 22.8 Å². The van der Waals surface area contributed by atoms with Crippen LogP contribution in [0.2, 0.25) is 0 Å². The van der Waals surface area contributed by atoms with Crippen LogP contribution in [0, 0.1) is 0 Å². The van der Waals surface area contributed by atoms with Crippen molar-refractivity contribution in [1.82, 2.24) is 5.32 Å². The molecule has 0 aromatic heterocycles. The second-order valence-corrected chi connectivity index (χ2v) is 5.17. The van der Waals surface area contributed by atoms with Crippen LogP contribution < -0.4 is 10.6 Å². The lowest BCUT2D eigenvalue weighted by Crippen LogP contribution is -2.15. The third-order valence-corrected chi connectivity index (χ3v) is 3.42. The molecule has 1 amide bonds. The maximum absolute atomic E-state index is 12.0. The van der Waals surface area contributed by atoms with E-state index in [-0.39, 0.29) is 5.91 Å². The van der Waals surface area contributed by atoms with E-state index in [0.717, 1.165) is 12.2 Å². The van der Waals surface area contributed by atoms with Gasteiger partial charge in [-0.2, -0.15) is 0 Å². The largest absolute Gasteiger partial charge is 0.322 e. The fraction of sp³-hybridized carbons (Fsp3) is 0.235. The van der Waals surface area contributed by atoms with E-state index in [1.54, 1.807) is 0 Å². The first-order valence-corrected chi connectivity index (χ1v) is 7.00. The zero-order chi connectivity index (χ0) is 13.8. The average Bonchev–Trinajstić information content (AvgIpc) is 3.32. The van der Waals surface area contributed by atoms with Crippen molar-refractivity contribution in [3.8, 4) is 0 Å². The summed E-state index contributed by atoms with van der Waals surface area (Å²) in [5.41, 5.74) is 2.75. The minimum Gasteiger partial charge on any atom is -0.322 e. The highest BCUT2D eigenvalue weighted by Crippen LogP contribution is 2.19. The lowest BCUT2D eigenvalue weighted by molar-refractivity contribution is 0.102. The molecule has 1 aliphatic carbocycles. The molecule has 3 rings (SSSR count). The fourth-order valence-electron chi connectivity index (χ4n) is 2.05. The average molecular weight is 266 g/mol. The van der Waals surface area contributed by atoms with Gasteiger partial charge in [0.05, 0.1) is 0 Å². The minimum absolute atomic E-state index is 0.0746. The van der Waals surface area contributed by atoms with Crippen molar-refractivity contribution in [1.29, 1.82) is 0 Å². The molecule has 1 saturated carbocycles. The molecule has 0 unspecified atom stereocenters. The summed E-state index contributed by atoms with van der Waals surface area (Å²) in [5, 5.41) is 6.37. The Labute approximate surface area is 119 Å². The Morgan fingerprint density at radius 1 is 1.00 bits per heavy atom. The number of hydrogen-bond donors (Lipinski definition) is 2. The van der Waals surface area contributed by atoms with Gasteiger partial charge in [-0.3, -0.25) is 4.79 Å². The zero-order valence-electron chi connectivity index (χ0n) is 11.3. The molecule has 0 bridgehead atoms. The van der Waals surface area contributed by atoms with Crippen LogP contribution in [0.5, 0.6) is 0 Å². The first kappa shape index (κ1) is 12.9. The third kappa shape index (κ3) is 3.45. The molecule has 0 spiro atoms. The van der Waals surface area contributed by atoms with Gasteiger partial charge in [0, 0.05) is 23.8 Å². The molecule has 0 aliphatic heterocycles. The lowest BCUT2D eigenvalue weighted by Gasteiger charge is -2.07. The van der Waals surface area contributed by atoms with E-state index < -0.39 is 0 Å². The number of rotatable bonds is 5. The minimum atomic E-state index is -0.0746. The van der Waals surface area contributed by atoms with Gasteiger partial charge < -0.3 is 10.6 Å². The fourth-order valence-corrected chi connectivity index (χ4v) is 2.05. The molecule has 0 saturated heterocycles. The summed E-state index contributed by atoms with van der Waals surface area (Å²) in [4.78, 5) is 12.0. The molecule has 0 atom stereocenters. The molecule has 3 nitrogen and oxygen atoms in total. The zero-order valence-corrected chi connectivity index (χ0v) is 11.3. The Morgan fingerprint density at radius 2 is 1.70 bits per heavy atom. The number of carbonyl (C=O) groups excluding carboxylic acids is 1. The summed E-state index contributed by atoms with van der Waals surface area (Å²) in [6, 6.07) is 18.0. The van der Waals surface area contributed by atoms with Crippen LogP contribution in [0.1, 0.15) is 28.8 Å². The highest BCUT2D eigenvalue weighted by molar-refractivity contribution is 6.04. The number of anilines is 1. The molecule has 0 radical (unpaired) electrons. The molecular weight excluding hydrogens is 248 g/mol. The summed E-state index contributed by atoms with van der Waals surface area (Å²) in [6.07, 6.45) is 2.59. The van der Waals surface area contributed by atoms with Gasteiger partial charge >= 0.3 is 0 Å². The molecule has 0 heterocycles. The van der Waals surface area contributed by atoms with Gasteiger partial charge in [-0.15, -0.1) is 0 Å². The van der Waals surface area contributed by atoms with Crippen molar-refractivity contribution in [2.45, 2.75) is 25.4 Å².